The molecule has 1 aromatic carbocycles. The molecule has 0 atom stereocenters. The van der Waals surface area contributed by atoms with Crippen molar-refractivity contribution in [3.8, 4) is 0 Å². The lowest BCUT2D eigenvalue weighted by molar-refractivity contribution is 0.614. The molecule has 1 aliphatic carbocycles. The second-order valence-electron chi connectivity index (χ2n) is 5.62. The molecule has 110 valence electrons. The third kappa shape index (κ3) is 3.79. The van der Waals surface area contributed by atoms with Crippen molar-refractivity contribution >= 4 is 5.69 Å². The lowest BCUT2D eigenvalue weighted by Crippen LogP contribution is -2.19. The normalized spacial score (nSPS) is 14.2. The van der Waals surface area contributed by atoms with Crippen molar-refractivity contribution < 1.29 is 4.39 Å². The highest BCUT2D eigenvalue weighted by molar-refractivity contribution is 5.48. The van der Waals surface area contributed by atoms with E-state index < -0.39 is 0 Å². The Balaban J connectivity index is 1.66. The van der Waals surface area contributed by atoms with Crippen LogP contribution in [-0.4, -0.2) is 18.1 Å². The fraction of sp³-hybridized carbons (Fsp3) is 0.353. The van der Waals surface area contributed by atoms with Crippen LogP contribution < -0.4 is 10.2 Å². The van der Waals surface area contributed by atoms with Gasteiger partial charge in [0.15, 0.2) is 0 Å². The molecule has 3 nitrogen and oxygen atoms in total. The Morgan fingerprint density at radius 2 is 2.14 bits per heavy atom. The van der Waals surface area contributed by atoms with Crippen molar-refractivity contribution in [1.82, 2.24) is 10.3 Å². The van der Waals surface area contributed by atoms with Gasteiger partial charge in [-0.2, -0.15) is 0 Å². The van der Waals surface area contributed by atoms with Gasteiger partial charge in [0, 0.05) is 25.8 Å². The minimum atomic E-state index is -0.177. The van der Waals surface area contributed by atoms with E-state index in [1.165, 1.54) is 12.8 Å². The van der Waals surface area contributed by atoms with E-state index in [1.807, 2.05) is 42.3 Å². The topological polar surface area (TPSA) is 28.2 Å². The number of anilines is 1. The summed E-state index contributed by atoms with van der Waals surface area (Å²) in [5.41, 5.74) is 2.53. The Labute approximate surface area is 124 Å². The van der Waals surface area contributed by atoms with E-state index in [9.17, 15) is 4.39 Å². The number of nitrogens with one attached hydrogen (secondary N) is 1. The molecule has 0 unspecified atom stereocenters. The standard InChI is InChI=1S/C17H20FN3/c1-21(12-15-4-2-3-9-19-15)17-8-5-13(10-16(17)18)11-20-14-6-7-14/h2-5,8-10,14,20H,6-7,11-12H2,1H3. The average Bonchev–Trinajstić information content (AvgIpc) is 3.30. The van der Waals surface area contributed by atoms with Gasteiger partial charge in [-0.05, 0) is 42.7 Å². The van der Waals surface area contributed by atoms with E-state index in [4.69, 9.17) is 0 Å². The molecule has 1 fully saturated rings. The summed E-state index contributed by atoms with van der Waals surface area (Å²) in [5, 5.41) is 3.40. The van der Waals surface area contributed by atoms with Crippen LogP contribution in [0.3, 0.4) is 0 Å². The molecule has 21 heavy (non-hydrogen) atoms. The monoisotopic (exact) mass is 285 g/mol. The van der Waals surface area contributed by atoms with Gasteiger partial charge in [0.25, 0.3) is 0 Å². The van der Waals surface area contributed by atoms with Gasteiger partial charge in [0.1, 0.15) is 5.82 Å². The first-order valence-electron chi connectivity index (χ1n) is 7.35. The van der Waals surface area contributed by atoms with E-state index in [2.05, 4.69) is 10.3 Å². The zero-order valence-corrected chi connectivity index (χ0v) is 12.2. The molecule has 0 amide bonds. The third-order valence-corrected chi connectivity index (χ3v) is 3.72. The molecule has 0 bridgehead atoms. The predicted octanol–water partition coefficient (Wildman–Crippen LogP) is 3.11. The maximum atomic E-state index is 14.3. The summed E-state index contributed by atoms with van der Waals surface area (Å²) < 4.78 is 14.3. The lowest BCUT2D eigenvalue weighted by atomic mass is 10.1. The number of halogens is 1. The Morgan fingerprint density at radius 3 is 2.81 bits per heavy atom. The minimum Gasteiger partial charge on any atom is -0.366 e. The summed E-state index contributed by atoms with van der Waals surface area (Å²) >= 11 is 0. The van der Waals surface area contributed by atoms with Gasteiger partial charge in [-0.25, -0.2) is 4.39 Å². The molecule has 1 aromatic heterocycles. The van der Waals surface area contributed by atoms with Crippen molar-refractivity contribution in [2.45, 2.75) is 32.0 Å². The highest BCUT2D eigenvalue weighted by Gasteiger charge is 2.20. The van der Waals surface area contributed by atoms with Crippen molar-refractivity contribution in [3.63, 3.8) is 0 Å². The number of hydrogen-bond acceptors (Lipinski definition) is 3. The summed E-state index contributed by atoms with van der Waals surface area (Å²) in [4.78, 5) is 6.16. The average molecular weight is 285 g/mol. The number of pyridine rings is 1. The van der Waals surface area contributed by atoms with Crippen molar-refractivity contribution in [2.24, 2.45) is 0 Å². The molecule has 0 aliphatic heterocycles. The first kappa shape index (κ1) is 14.0. The fourth-order valence-corrected chi connectivity index (χ4v) is 2.34. The van der Waals surface area contributed by atoms with Gasteiger partial charge in [-0.1, -0.05) is 12.1 Å². The number of hydrogen-bond donors (Lipinski definition) is 1. The zero-order valence-electron chi connectivity index (χ0n) is 12.2. The van der Waals surface area contributed by atoms with Gasteiger partial charge in [0.05, 0.1) is 17.9 Å². The molecular formula is C17H20FN3. The van der Waals surface area contributed by atoms with Crippen LogP contribution in [0.4, 0.5) is 10.1 Å². The van der Waals surface area contributed by atoms with Crippen LogP contribution >= 0.6 is 0 Å². The highest BCUT2D eigenvalue weighted by Crippen LogP contribution is 2.22. The number of benzene rings is 1. The summed E-state index contributed by atoms with van der Waals surface area (Å²) in [6.45, 7) is 1.34. The molecular weight excluding hydrogens is 265 g/mol. The molecule has 1 N–H and O–H groups in total. The molecule has 0 saturated heterocycles. The van der Waals surface area contributed by atoms with Gasteiger partial charge in [-0.15, -0.1) is 0 Å². The SMILES string of the molecule is CN(Cc1ccccn1)c1ccc(CNC2CC2)cc1F. The summed E-state index contributed by atoms with van der Waals surface area (Å²) in [6, 6.07) is 11.9. The molecule has 1 heterocycles. The number of nitrogens with zero attached hydrogens (tertiary/aromatic N) is 2. The van der Waals surface area contributed by atoms with Crippen LogP contribution in [0.15, 0.2) is 42.6 Å². The maximum absolute atomic E-state index is 14.3. The second-order valence-corrected chi connectivity index (χ2v) is 5.62. The van der Waals surface area contributed by atoms with Crippen LogP contribution in [0.2, 0.25) is 0 Å². The van der Waals surface area contributed by atoms with E-state index in [1.54, 1.807) is 12.3 Å². The van der Waals surface area contributed by atoms with Gasteiger partial charge >= 0.3 is 0 Å². The Morgan fingerprint density at radius 1 is 1.29 bits per heavy atom. The minimum absolute atomic E-state index is 0.177. The Kier molecular flexibility index (Phi) is 4.15. The van der Waals surface area contributed by atoms with E-state index in [0.717, 1.165) is 17.8 Å². The van der Waals surface area contributed by atoms with E-state index in [-0.39, 0.29) is 5.82 Å². The van der Waals surface area contributed by atoms with Crippen LogP contribution in [0.1, 0.15) is 24.1 Å². The molecule has 1 saturated carbocycles. The molecule has 3 rings (SSSR count). The quantitative estimate of drug-likeness (QED) is 0.884. The summed E-state index contributed by atoms with van der Waals surface area (Å²) in [5.74, 6) is -0.177. The summed E-state index contributed by atoms with van der Waals surface area (Å²) in [6.07, 6.45) is 4.24. The maximum Gasteiger partial charge on any atom is 0.146 e. The van der Waals surface area contributed by atoms with Crippen LogP contribution in [-0.2, 0) is 13.1 Å². The number of rotatable bonds is 6. The highest BCUT2D eigenvalue weighted by atomic mass is 19.1. The fourth-order valence-electron chi connectivity index (χ4n) is 2.34. The Bertz CT molecular complexity index is 596. The van der Waals surface area contributed by atoms with Gasteiger partial charge in [-0.3, -0.25) is 4.98 Å². The van der Waals surface area contributed by atoms with E-state index in [0.29, 0.717) is 18.3 Å². The largest absolute Gasteiger partial charge is 0.366 e. The molecule has 4 heteroatoms. The molecule has 0 radical (unpaired) electrons. The lowest BCUT2D eigenvalue weighted by Gasteiger charge is -2.20. The molecule has 1 aliphatic rings. The molecule has 0 spiro atoms. The van der Waals surface area contributed by atoms with Crippen molar-refractivity contribution in [3.05, 3.63) is 59.7 Å². The third-order valence-electron chi connectivity index (χ3n) is 3.72. The van der Waals surface area contributed by atoms with Crippen LogP contribution in [0.5, 0.6) is 0 Å². The van der Waals surface area contributed by atoms with Gasteiger partial charge < -0.3 is 10.2 Å². The van der Waals surface area contributed by atoms with Gasteiger partial charge in [0.2, 0.25) is 0 Å². The van der Waals surface area contributed by atoms with Crippen molar-refractivity contribution in [1.29, 1.82) is 0 Å². The van der Waals surface area contributed by atoms with Crippen LogP contribution in [0, 0.1) is 5.82 Å². The first-order chi connectivity index (χ1) is 10.2. The van der Waals surface area contributed by atoms with Crippen molar-refractivity contribution in [2.75, 3.05) is 11.9 Å². The predicted molar refractivity (Wildman–Crippen MR) is 82.6 cm³/mol. The Hall–Kier alpha value is -1.94. The second kappa shape index (κ2) is 6.22. The van der Waals surface area contributed by atoms with E-state index >= 15 is 0 Å². The zero-order chi connectivity index (χ0) is 14.7. The smallest absolute Gasteiger partial charge is 0.146 e. The first-order valence-corrected chi connectivity index (χ1v) is 7.35. The van der Waals surface area contributed by atoms with Crippen LogP contribution in [0.25, 0.3) is 0 Å². The molecule has 2 aromatic rings. The number of aromatic nitrogens is 1. The summed E-state index contributed by atoms with van der Waals surface area (Å²) in [7, 11) is 1.88.